The molecule has 86 valence electrons. The van der Waals surface area contributed by atoms with Gasteiger partial charge in [-0.1, -0.05) is 17.7 Å². The van der Waals surface area contributed by atoms with Gasteiger partial charge in [0.25, 0.3) is 0 Å². The van der Waals surface area contributed by atoms with E-state index in [0.29, 0.717) is 10.1 Å². The fourth-order valence-electron chi connectivity index (χ4n) is 1.04. The molecule has 0 radical (unpaired) electrons. The lowest BCUT2D eigenvalue weighted by atomic mass is 10.2. The van der Waals surface area contributed by atoms with Gasteiger partial charge in [-0.2, -0.15) is 0 Å². The van der Waals surface area contributed by atoms with Crippen LogP contribution in [0.3, 0.4) is 0 Å². The third-order valence-corrected chi connectivity index (χ3v) is 2.48. The molecule has 0 aliphatic heterocycles. The van der Waals surface area contributed by atoms with Gasteiger partial charge in [-0.25, -0.2) is 0 Å². The summed E-state index contributed by atoms with van der Waals surface area (Å²) in [6.45, 7) is 3.27. The van der Waals surface area contributed by atoms with E-state index in [1.54, 1.807) is 6.07 Å². The molecule has 3 N–H and O–H groups in total. The average Bonchev–Trinajstić information content (AvgIpc) is 2.22. The van der Waals surface area contributed by atoms with Gasteiger partial charge in [0.1, 0.15) is 0 Å². The largest absolute Gasteiger partial charge is 0.331 e. The highest BCUT2D eigenvalue weighted by molar-refractivity contribution is 7.80. The molecule has 0 atom stereocenters. The minimum atomic E-state index is -0.216. The summed E-state index contributed by atoms with van der Waals surface area (Å²) in [4.78, 5) is 10.6. The molecular weight excluding hydrogens is 246 g/mol. The molecule has 0 aromatic heterocycles. The molecule has 1 aromatic rings. The fourth-order valence-corrected chi connectivity index (χ4v) is 1.38. The van der Waals surface area contributed by atoms with Crippen molar-refractivity contribution >= 4 is 40.5 Å². The van der Waals surface area contributed by atoms with Crippen molar-refractivity contribution in [1.82, 2.24) is 10.9 Å². The Bertz CT molecular complexity index is 423. The van der Waals surface area contributed by atoms with Gasteiger partial charge in [0, 0.05) is 17.6 Å². The normalized spacial score (nSPS) is 9.44. The molecule has 0 heterocycles. The Hall–Kier alpha value is -1.33. The number of thiocarbonyl (C=S) groups is 1. The molecule has 0 fully saturated rings. The van der Waals surface area contributed by atoms with Crippen LogP contribution in [0.15, 0.2) is 18.2 Å². The topological polar surface area (TPSA) is 53.2 Å². The smallest absolute Gasteiger partial charge is 0.235 e. The Morgan fingerprint density at radius 3 is 2.69 bits per heavy atom. The molecule has 1 aromatic carbocycles. The lowest BCUT2D eigenvalue weighted by Crippen LogP contribution is -2.42. The van der Waals surface area contributed by atoms with Crippen LogP contribution in [-0.2, 0) is 4.79 Å². The number of carbonyl (C=O) groups excluding carboxylic acids is 1. The summed E-state index contributed by atoms with van der Waals surface area (Å²) in [6.07, 6.45) is 0. The van der Waals surface area contributed by atoms with Crippen molar-refractivity contribution in [3.8, 4) is 0 Å². The Kier molecular flexibility index (Phi) is 4.52. The third kappa shape index (κ3) is 3.67. The van der Waals surface area contributed by atoms with Crippen LogP contribution in [0.2, 0.25) is 5.02 Å². The molecule has 0 bridgehead atoms. The Balaban J connectivity index is 2.63. The van der Waals surface area contributed by atoms with Crippen LogP contribution in [-0.4, -0.2) is 11.0 Å². The lowest BCUT2D eigenvalue weighted by Gasteiger charge is -2.12. The second-order valence-corrected chi connectivity index (χ2v) is 3.99. The highest BCUT2D eigenvalue weighted by Gasteiger charge is 2.03. The van der Waals surface area contributed by atoms with Crippen LogP contribution in [0.5, 0.6) is 0 Å². The molecule has 6 heteroatoms. The van der Waals surface area contributed by atoms with Gasteiger partial charge in [-0.3, -0.25) is 15.6 Å². The number of hydrogen-bond donors (Lipinski definition) is 3. The standard InChI is InChI=1S/C10H12ClN3OS/c1-6-8(11)4-3-5-9(6)12-10(16)14-13-7(2)15/h3-5H,1-2H3,(H,13,15)(H2,12,14,16). The third-order valence-electron chi connectivity index (χ3n) is 1.87. The first-order chi connectivity index (χ1) is 7.50. The molecule has 16 heavy (non-hydrogen) atoms. The maximum absolute atomic E-state index is 10.6. The zero-order valence-electron chi connectivity index (χ0n) is 8.93. The number of benzene rings is 1. The van der Waals surface area contributed by atoms with Gasteiger partial charge < -0.3 is 5.32 Å². The van der Waals surface area contributed by atoms with Gasteiger partial charge >= 0.3 is 0 Å². The quantitative estimate of drug-likeness (QED) is 0.532. The predicted molar refractivity (Wildman–Crippen MR) is 69.4 cm³/mol. The molecule has 0 unspecified atom stereocenters. The molecule has 0 aliphatic rings. The van der Waals surface area contributed by atoms with Crippen LogP contribution in [0.4, 0.5) is 5.69 Å². The van der Waals surface area contributed by atoms with Crippen molar-refractivity contribution in [1.29, 1.82) is 0 Å². The Morgan fingerprint density at radius 2 is 2.06 bits per heavy atom. The number of anilines is 1. The predicted octanol–water partition coefficient (Wildman–Crippen LogP) is 1.99. The molecule has 0 spiro atoms. The molecule has 0 aliphatic carbocycles. The summed E-state index contributed by atoms with van der Waals surface area (Å²) in [5, 5.41) is 3.89. The number of hydrazine groups is 1. The minimum Gasteiger partial charge on any atom is -0.331 e. The van der Waals surface area contributed by atoms with Crippen LogP contribution in [0.25, 0.3) is 0 Å². The van der Waals surface area contributed by atoms with Gasteiger partial charge in [-0.15, -0.1) is 0 Å². The molecule has 1 amide bonds. The molecule has 0 saturated carbocycles. The van der Waals surface area contributed by atoms with Crippen molar-refractivity contribution in [2.24, 2.45) is 0 Å². The lowest BCUT2D eigenvalue weighted by molar-refractivity contribution is -0.119. The number of rotatable bonds is 1. The first-order valence-corrected chi connectivity index (χ1v) is 5.38. The van der Waals surface area contributed by atoms with Crippen LogP contribution < -0.4 is 16.2 Å². The van der Waals surface area contributed by atoms with Gasteiger partial charge in [0.15, 0.2) is 5.11 Å². The number of nitrogens with one attached hydrogen (secondary N) is 3. The first-order valence-electron chi connectivity index (χ1n) is 4.59. The maximum atomic E-state index is 10.6. The molecule has 4 nitrogen and oxygen atoms in total. The van der Waals surface area contributed by atoms with Gasteiger partial charge in [0.05, 0.1) is 0 Å². The molecular formula is C10H12ClN3OS. The van der Waals surface area contributed by atoms with Crippen molar-refractivity contribution in [3.63, 3.8) is 0 Å². The number of hydrogen-bond acceptors (Lipinski definition) is 2. The maximum Gasteiger partial charge on any atom is 0.235 e. The van der Waals surface area contributed by atoms with Crippen LogP contribution >= 0.6 is 23.8 Å². The summed E-state index contributed by atoms with van der Waals surface area (Å²) in [5.74, 6) is -0.216. The minimum absolute atomic E-state index is 0.216. The van der Waals surface area contributed by atoms with Crippen molar-refractivity contribution in [2.45, 2.75) is 13.8 Å². The highest BCUT2D eigenvalue weighted by atomic mass is 35.5. The zero-order valence-corrected chi connectivity index (χ0v) is 10.5. The van der Waals surface area contributed by atoms with Crippen molar-refractivity contribution < 1.29 is 4.79 Å². The molecule has 0 saturated heterocycles. The van der Waals surface area contributed by atoms with E-state index in [-0.39, 0.29) is 5.91 Å². The van der Waals surface area contributed by atoms with E-state index < -0.39 is 0 Å². The summed E-state index contributed by atoms with van der Waals surface area (Å²) in [6, 6.07) is 5.47. The number of carbonyl (C=O) groups is 1. The van der Waals surface area contributed by atoms with E-state index in [2.05, 4.69) is 16.2 Å². The Labute approximate surface area is 104 Å². The van der Waals surface area contributed by atoms with E-state index in [1.807, 2.05) is 19.1 Å². The van der Waals surface area contributed by atoms with E-state index in [1.165, 1.54) is 6.92 Å². The van der Waals surface area contributed by atoms with Crippen molar-refractivity contribution in [2.75, 3.05) is 5.32 Å². The van der Waals surface area contributed by atoms with Gasteiger partial charge in [0.2, 0.25) is 5.91 Å². The van der Waals surface area contributed by atoms with Crippen LogP contribution in [0, 0.1) is 6.92 Å². The number of halogens is 1. The zero-order chi connectivity index (χ0) is 12.1. The van der Waals surface area contributed by atoms with Gasteiger partial charge in [-0.05, 0) is 36.8 Å². The van der Waals surface area contributed by atoms with E-state index in [0.717, 1.165) is 11.3 Å². The summed E-state index contributed by atoms with van der Waals surface area (Å²) in [7, 11) is 0. The Morgan fingerprint density at radius 1 is 1.38 bits per heavy atom. The van der Waals surface area contributed by atoms with Crippen LogP contribution in [0.1, 0.15) is 12.5 Å². The molecule has 1 rings (SSSR count). The SMILES string of the molecule is CC(=O)NNC(=S)Nc1cccc(Cl)c1C. The summed E-state index contributed by atoms with van der Waals surface area (Å²) >= 11 is 10.9. The van der Waals surface area contributed by atoms with E-state index >= 15 is 0 Å². The van der Waals surface area contributed by atoms with Crippen molar-refractivity contribution in [3.05, 3.63) is 28.8 Å². The number of amides is 1. The summed E-state index contributed by atoms with van der Waals surface area (Å²) < 4.78 is 0. The van der Waals surface area contributed by atoms with E-state index in [4.69, 9.17) is 23.8 Å². The highest BCUT2D eigenvalue weighted by Crippen LogP contribution is 2.22. The summed E-state index contributed by atoms with van der Waals surface area (Å²) in [5.41, 5.74) is 6.63. The monoisotopic (exact) mass is 257 g/mol. The first kappa shape index (κ1) is 12.7. The second kappa shape index (κ2) is 5.67. The fraction of sp³-hybridized carbons (Fsp3) is 0.200. The second-order valence-electron chi connectivity index (χ2n) is 3.17. The average molecular weight is 258 g/mol. The van der Waals surface area contributed by atoms with E-state index in [9.17, 15) is 4.79 Å².